The van der Waals surface area contributed by atoms with Crippen molar-refractivity contribution in [3.8, 4) is 0 Å². The van der Waals surface area contributed by atoms with E-state index in [0.717, 1.165) is 83.1 Å². The van der Waals surface area contributed by atoms with Gasteiger partial charge in [-0.15, -0.1) is 0 Å². The van der Waals surface area contributed by atoms with Crippen molar-refractivity contribution in [1.29, 1.82) is 0 Å². The molecule has 10 unspecified atom stereocenters. The molecule has 4 rings (SSSR count). The van der Waals surface area contributed by atoms with Crippen LogP contribution in [0.1, 0.15) is 104 Å². The van der Waals surface area contributed by atoms with Gasteiger partial charge in [-0.1, -0.05) is 20.8 Å². The lowest BCUT2D eigenvalue weighted by atomic mass is 9.92. The minimum absolute atomic E-state index is 0.483. The second-order valence-corrected chi connectivity index (χ2v) is 27.7. The maximum atomic E-state index is 13.5. The molecule has 504 valence electrons. The molecule has 0 aromatic heterocycles. The highest BCUT2D eigenvalue weighted by Crippen LogP contribution is 2.42. The molecule has 4 fully saturated rings. The van der Waals surface area contributed by atoms with Crippen LogP contribution in [-0.4, -0.2) is 236 Å². The van der Waals surface area contributed by atoms with Gasteiger partial charge >= 0.3 is 47.8 Å². The molecule has 34 heteroatoms. The summed E-state index contributed by atoms with van der Waals surface area (Å²) < 4.78 is 104. The first-order chi connectivity index (χ1) is 41.3. The molecule has 4 N–H and O–H groups in total. The van der Waals surface area contributed by atoms with Gasteiger partial charge in [-0.25, -0.2) is 0 Å². The summed E-state index contributed by atoms with van der Waals surface area (Å²) in [4.78, 5) is 156. The molecule has 0 aromatic carbocycles. The van der Waals surface area contributed by atoms with Crippen molar-refractivity contribution < 1.29 is 138 Å². The fourth-order valence-electron chi connectivity index (χ4n) is 9.99. The third-order valence-electron chi connectivity index (χ3n) is 14.4. The SMILES string of the molecule is CO[C@H]1OC(COC(C)=O)[C@H](O[C@@H]2OC(COC(C)=O)C(O[C@H]3OC(COC(C)=O)[C@H](O[C@@H]4OC(COC(C)=O)C(O[Si](C)(C)C(C)(C)C)[C@H](OC(C)=O)C4NC(C)=O)C(OC(C)=O)[C@H]3NC(C)=O)[C@H](OC(C)=O)C2NC(C)=O)C(OC(C)=O)[C@H]1NC(C)=O. The summed E-state index contributed by atoms with van der Waals surface area (Å²) in [6.07, 6.45) is -26.7. The minimum Gasteiger partial charge on any atom is -0.463 e. The Balaban J connectivity index is 2.00. The van der Waals surface area contributed by atoms with E-state index in [1.165, 1.54) is 7.11 Å². The van der Waals surface area contributed by atoms with Crippen molar-refractivity contribution in [3.63, 3.8) is 0 Å². The molecular weight excluding hydrogens is 1210 g/mol. The first kappa shape index (κ1) is 75.0. The van der Waals surface area contributed by atoms with Gasteiger partial charge in [-0.3, -0.25) is 57.5 Å². The number of esters is 8. The van der Waals surface area contributed by atoms with Crippen molar-refractivity contribution in [2.24, 2.45) is 0 Å². The lowest BCUT2D eigenvalue weighted by Gasteiger charge is -2.52. The normalized spacial score (nSPS) is 32.0. The van der Waals surface area contributed by atoms with Crippen molar-refractivity contribution in [2.45, 2.75) is 245 Å². The van der Waals surface area contributed by atoms with Gasteiger partial charge < -0.3 is 101 Å². The van der Waals surface area contributed by atoms with Gasteiger partial charge in [0.25, 0.3) is 0 Å². The maximum Gasteiger partial charge on any atom is 0.303 e. The van der Waals surface area contributed by atoms with Crippen LogP contribution in [0.15, 0.2) is 0 Å². The van der Waals surface area contributed by atoms with E-state index >= 15 is 0 Å². The van der Waals surface area contributed by atoms with Crippen molar-refractivity contribution >= 4 is 79.7 Å². The average Bonchev–Trinajstić information content (AvgIpc) is 1.40. The maximum absolute atomic E-state index is 13.5. The quantitative estimate of drug-likeness (QED) is 0.0488. The van der Waals surface area contributed by atoms with Crippen LogP contribution in [0, 0.1) is 0 Å². The predicted molar refractivity (Wildman–Crippen MR) is 298 cm³/mol. The van der Waals surface area contributed by atoms with Gasteiger partial charge in [-0.05, 0) is 18.1 Å². The van der Waals surface area contributed by atoms with E-state index in [2.05, 4.69) is 21.3 Å². The predicted octanol–water partition coefficient (Wildman–Crippen LogP) is -0.924. The van der Waals surface area contributed by atoms with E-state index in [4.69, 9.17) is 80.2 Å². The van der Waals surface area contributed by atoms with Gasteiger partial charge in [0.2, 0.25) is 23.6 Å². The molecule has 4 aliphatic heterocycles. The molecule has 0 radical (unpaired) electrons. The number of nitrogens with one attached hydrogen (secondary N) is 4. The molecule has 4 heterocycles. The Morgan fingerprint density at radius 3 is 0.787 bits per heavy atom. The summed E-state index contributed by atoms with van der Waals surface area (Å²) in [6.45, 7) is 19.7. The molecule has 0 saturated carbocycles. The van der Waals surface area contributed by atoms with Crippen LogP contribution >= 0.6 is 0 Å². The van der Waals surface area contributed by atoms with Crippen LogP contribution in [-0.2, 0) is 138 Å². The highest BCUT2D eigenvalue weighted by molar-refractivity contribution is 6.74. The summed E-state index contributed by atoms with van der Waals surface area (Å²) in [5.74, 6) is -10.2. The standard InChI is InChI=1S/C55H86N4O29Si/c1-23(60)56-39-47(77-31(9)68)43(35(19-73-27(5)64)81-51(39)72-16)85-52-40(57-24(2)61)48(78-32(10)69)44(36(82-52)20-74-28(6)65)86-53-41(58-25(3)62)49(79-33(11)70)45(37(83-53)21-75-29(7)66)87-54-42(59-26(4)63)50(80-34(12)71)46(38(84-54)22-76-30(8)67)88-89(17,18)55(13,14)15/h35-54H,19-22H2,1-18H3,(H,56,60)(H,57,61)(H,58,62)(H,59,63)/t35?,36?,37?,38?,39-,40?,41-,42?,43+,44?,45+,46?,47?,48-,49?,50-,51+,52+,53-,54+/m1/s1. The fraction of sp³-hybridized carbons (Fsp3) is 0.782. The van der Waals surface area contributed by atoms with Crippen molar-refractivity contribution in [2.75, 3.05) is 33.5 Å². The highest BCUT2D eigenvalue weighted by Gasteiger charge is 2.60. The molecule has 89 heavy (non-hydrogen) atoms. The summed E-state index contributed by atoms with van der Waals surface area (Å²) in [7, 11) is -1.69. The lowest BCUT2D eigenvalue weighted by Crippen LogP contribution is -2.73. The van der Waals surface area contributed by atoms with Crippen LogP contribution in [0.25, 0.3) is 0 Å². The topological polar surface area (TPSA) is 410 Å². The average molecular weight is 1300 g/mol. The van der Waals surface area contributed by atoms with E-state index in [1.807, 2.05) is 33.9 Å². The molecule has 4 amide bonds. The summed E-state index contributed by atoms with van der Waals surface area (Å²) >= 11 is 0. The summed E-state index contributed by atoms with van der Waals surface area (Å²) in [5, 5.41) is 10.1. The van der Waals surface area contributed by atoms with E-state index in [1.54, 1.807) is 0 Å². The zero-order valence-electron chi connectivity index (χ0n) is 53.2. The highest BCUT2D eigenvalue weighted by atomic mass is 28.4. The number of rotatable bonds is 25. The molecule has 20 atom stereocenters. The molecule has 4 aliphatic rings. The molecule has 0 spiro atoms. The third kappa shape index (κ3) is 21.9. The van der Waals surface area contributed by atoms with E-state index in [-0.39, 0.29) is 0 Å². The summed E-state index contributed by atoms with van der Waals surface area (Å²) in [5.41, 5.74) is 0. The molecular formula is C55H86N4O29Si. The van der Waals surface area contributed by atoms with Gasteiger partial charge in [0.1, 0.15) is 99.4 Å². The van der Waals surface area contributed by atoms with E-state index in [0.29, 0.717) is 0 Å². The second-order valence-electron chi connectivity index (χ2n) is 23.0. The van der Waals surface area contributed by atoms with Gasteiger partial charge in [0, 0.05) is 90.2 Å². The smallest absolute Gasteiger partial charge is 0.303 e. The van der Waals surface area contributed by atoms with Crippen LogP contribution < -0.4 is 21.3 Å². The second kappa shape index (κ2) is 33.0. The number of carbonyl (C=O) groups excluding carboxylic acids is 12. The third-order valence-corrected chi connectivity index (χ3v) is 18.9. The first-order valence-corrected chi connectivity index (χ1v) is 31.3. The van der Waals surface area contributed by atoms with E-state index in [9.17, 15) is 57.5 Å². The number of ether oxygens (including phenoxy) is 16. The van der Waals surface area contributed by atoms with Crippen LogP contribution in [0.5, 0.6) is 0 Å². The number of carbonyl (C=O) groups is 12. The Hall–Kier alpha value is -6.50. The zero-order valence-corrected chi connectivity index (χ0v) is 54.2. The Bertz CT molecular complexity index is 2550. The van der Waals surface area contributed by atoms with Gasteiger partial charge in [0.05, 0.1) is 0 Å². The monoisotopic (exact) mass is 1290 g/mol. The molecule has 0 aromatic rings. The summed E-state index contributed by atoms with van der Waals surface area (Å²) in [6, 6.07) is -6.40. The molecule has 0 bridgehead atoms. The Morgan fingerprint density at radius 1 is 0.348 bits per heavy atom. The van der Waals surface area contributed by atoms with E-state index < -0.39 is 234 Å². The largest absolute Gasteiger partial charge is 0.463 e. The van der Waals surface area contributed by atoms with Crippen LogP contribution in [0.3, 0.4) is 0 Å². The molecule has 0 aliphatic carbocycles. The number of methoxy groups -OCH3 is 1. The first-order valence-electron chi connectivity index (χ1n) is 28.4. The molecule has 33 nitrogen and oxygen atoms in total. The van der Waals surface area contributed by atoms with Crippen LogP contribution in [0.4, 0.5) is 0 Å². The Morgan fingerprint density at radius 2 is 0.573 bits per heavy atom. The Kier molecular flexibility index (Phi) is 27.8. The number of hydrogen-bond donors (Lipinski definition) is 4. The lowest BCUT2D eigenvalue weighted by molar-refractivity contribution is -0.362. The zero-order chi connectivity index (χ0) is 67.2. The molecule has 4 saturated heterocycles. The van der Waals surface area contributed by atoms with Crippen molar-refractivity contribution in [1.82, 2.24) is 21.3 Å². The Labute approximate surface area is 515 Å². The van der Waals surface area contributed by atoms with Gasteiger partial charge in [-0.2, -0.15) is 0 Å². The number of hydrogen-bond acceptors (Lipinski definition) is 29. The fourth-order valence-corrected chi connectivity index (χ4v) is 11.3. The van der Waals surface area contributed by atoms with Crippen LogP contribution in [0.2, 0.25) is 18.1 Å². The minimum atomic E-state index is -2.90. The van der Waals surface area contributed by atoms with Gasteiger partial charge in [0.15, 0.2) is 57.9 Å². The number of amides is 4. The van der Waals surface area contributed by atoms with Crippen molar-refractivity contribution in [3.05, 3.63) is 0 Å².